The van der Waals surface area contributed by atoms with Crippen LogP contribution in [0.15, 0.2) is 65.1 Å². The van der Waals surface area contributed by atoms with E-state index in [2.05, 4.69) is 38.7 Å². The highest BCUT2D eigenvalue weighted by Crippen LogP contribution is 2.32. The first kappa shape index (κ1) is 21.4. The summed E-state index contributed by atoms with van der Waals surface area (Å²) >= 11 is 10.4. The third-order valence-corrected chi connectivity index (χ3v) is 6.57. The average molecular weight is 512 g/mol. The highest BCUT2D eigenvalue weighted by atomic mass is 79.9. The van der Waals surface area contributed by atoms with E-state index in [-0.39, 0.29) is 11.0 Å². The fourth-order valence-corrected chi connectivity index (χ4v) is 4.77. The zero-order valence-electron chi connectivity index (χ0n) is 16.7. The molecule has 0 bridgehead atoms. The number of methoxy groups -OCH3 is 1. The summed E-state index contributed by atoms with van der Waals surface area (Å²) in [6.07, 6.45) is 0. The maximum Gasteiger partial charge on any atom is 0.257 e. The summed E-state index contributed by atoms with van der Waals surface area (Å²) in [7, 11) is 1.57. The molecule has 2 N–H and O–H groups in total. The molecule has 0 saturated carbocycles. The SMILES string of the molecule is COc1ccc(C(=O)NC(=S)Nc2ccc(-c3nc4ccccc4s3)cc2C)cc1Br. The number of hydrogen-bond donors (Lipinski definition) is 2. The number of amides is 1. The van der Waals surface area contributed by atoms with Gasteiger partial charge in [0.2, 0.25) is 0 Å². The molecule has 1 amide bonds. The third kappa shape index (κ3) is 4.76. The van der Waals surface area contributed by atoms with Crippen LogP contribution in [0.5, 0.6) is 5.75 Å². The van der Waals surface area contributed by atoms with E-state index in [1.54, 1.807) is 36.6 Å². The highest BCUT2D eigenvalue weighted by Gasteiger charge is 2.12. The fraction of sp³-hybridized carbons (Fsp3) is 0.0870. The number of aromatic nitrogens is 1. The van der Waals surface area contributed by atoms with E-state index in [1.165, 1.54) is 0 Å². The second kappa shape index (κ2) is 9.13. The average Bonchev–Trinajstić information content (AvgIpc) is 3.19. The Hall–Kier alpha value is -2.81. The third-order valence-electron chi connectivity index (χ3n) is 4.66. The number of thiocarbonyl (C=S) groups is 1. The molecule has 0 radical (unpaired) electrons. The van der Waals surface area contributed by atoms with Gasteiger partial charge in [-0.15, -0.1) is 11.3 Å². The topological polar surface area (TPSA) is 63.2 Å². The smallest absolute Gasteiger partial charge is 0.257 e. The van der Waals surface area contributed by atoms with Crippen molar-refractivity contribution in [2.24, 2.45) is 0 Å². The van der Waals surface area contributed by atoms with Crippen LogP contribution in [0.4, 0.5) is 5.69 Å². The first-order valence-electron chi connectivity index (χ1n) is 9.37. The van der Waals surface area contributed by atoms with E-state index >= 15 is 0 Å². The zero-order chi connectivity index (χ0) is 22.0. The van der Waals surface area contributed by atoms with Crippen molar-refractivity contribution in [3.8, 4) is 16.3 Å². The largest absolute Gasteiger partial charge is 0.496 e. The molecule has 0 atom stereocenters. The van der Waals surface area contributed by atoms with Crippen molar-refractivity contribution < 1.29 is 9.53 Å². The number of ether oxygens (including phenoxy) is 1. The van der Waals surface area contributed by atoms with Crippen LogP contribution in [-0.2, 0) is 0 Å². The quantitative estimate of drug-likeness (QED) is 0.320. The minimum absolute atomic E-state index is 0.229. The van der Waals surface area contributed by atoms with Crippen LogP contribution >= 0.6 is 39.5 Å². The molecule has 0 saturated heterocycles. The van der Waals surface area contributed by atoms with Crippen LogP contribution in [0.2, 0.25) is 0 Å². The van der Waals surface area contributed by atoms with Gasteiger partial charge in [0.15, 0.2) is 5.11 Å². The lowest BCUT2D eigenvalue weighted by Crippen LogP contribution is -2.34. The van der Waals surface area contributed by atoms with E-state index in [0.29, 0.717) is 15.8 Å². The van der Waals surface area contributed by atoms with Crippen molar-refractivity contribution in [3.05, 3.63) is 76.3 Å². The summed E-state index contributed by atoms with van der Waals surface area (Å²) in [5, 5.41) is 7.01. The van der Waals surface area contributed by atoms with Crippen LogP contribution in [0.1, 0.15) is 15.9 Å². The van der Waals surface area contributed by atoms with Gasteiger partial charge in [-0.3, -0.25) is 10.1 Å². The number of nitrogens with zero attached hydrogens (tertiary/aromatic N) is 1. The summed E-state index contributed by atoms with van der Waals surface area (Å²) < 4.78 is 7.05. The van der Waals surface area contributed by atoms with Crippen LogP contribution in [-0.4, -0.2) is 23.1 Å². The molecular formula is C23H18BrN3O2S2. The molecule has 0 spiro atoms. The number of fused-ring (bicyclic) bond motifs is 1. The summed E-state index contributed by atoms with van der Waals surface area (Å²) in [5.41, 5.74) is 4.34. The molecule has 0 fully saturated rings. The monoisotopic (exact) mass is 511 g/mol. The number of aryl methyl sites for hydroxylation is 1. The second-order valence-corrected chi connectivity index (χ2v) is 9.07. The summed E-state index contributed by atoms with van der Waals surface area (Å²) in [6.45, 7) is 1.99. The first-order valence-corrected chi connectivity index (χ1v) is 11.4. The number of benzene rings is 3. The molecular weight excluding hydrogens is 494 g/mol. The van der Waals surface area contributed by atoms with Gasteiger partial charge in [0, 0.05) is 16.8 Å². The molecule has 156 valence electrons. The van der Waals surface area contributed by atoms with E-state index in [0.717, 1.165) is 32.0 Å². The number of hydrogen-bond acceptors (Lipinski definition) is 5. The molecule has 8 heteroatoms. The minimum Gasteiger partial charge on any atom is -0.496 e. The molecule has 5 nitrogen and oxygen atoms in total. The van der Waals surface area contributed by atoms with Gasteiger partial charge < -0.3 is 10.1 Å². The lowest BCUT2D eigenvalue weighted by molar-refractivity contribution is 0.0977. The van der Waals surface area contributed by atoms with Crippen LogP contribution in [0, 0.1) is 6.92 Å². The lowest BCUT2D eigenvalue weighted by Gasteiger charge is -2.13. The molecule has 0 aliphatic heterocycles. The van der Waals surface area contributed by atoms with Gasteiger partial charge in [-0.1, -0.05) is 12.1 Å². The number of nitrogens with one attached hydrogen (secondary N) is 2. The number of anilines is 1. The lowest BCUT2D eigenvalue weighted by atomic mass is 10.1. The Labute approximate surface area is 197 Å². The molecule has 0 aliphatic rings. The zero-order valence-corrected chi connectivity index (χ0v) is 20.0. The van der Waals surface area contributed by atoms with E-state index < -0.39 is 0 Å². The van der Waals surface area contributed by atoms with E-state index in [1.807, 2.05) is 37.3 Å². The number of rotatable bonds is 4. The summed E-state index contributed by atoms with van der Waals surface area (Å²) in [4.78, 5) is 17.2. The minimum atomic E-state index is -0.301. The van der Waals surface area contributed by atoms with Crippen LogP contribution < -0.4 is 15.4 Å². The van der Waals surface area contributed by atoms with Crippen LogP contribution in [0.3, 0.4) is 0 Å². The molecule has 1 aromatic heterocycles. The van der Waals surface area contributed by atoms with Gasteiger partial charge in [0.25, 0.3) is 5.91 Å². The van der Waals surface area contributed by atoms with Crippen molar-refractivity contribution in [3.63, 3.8) is 0 Å². The standard InChI is InChI=1S/C23H18BrN3O2S2/c1-13-11-15(22-25-18-5-3-4-6-20(18)31-22)7-9-17(13)26-23(30)27-21(28)14-8-10-19(29-2)16(24)12-14/h3-12H,1-2H3,(H2,26,27,28,30). The summed E-state index contributed by atoms with van der Waals surface area (Å²) in [5.74, 6) is 0.352. The number of carbonyl (C=O) groups excluding carboxylic acids is 1. The molecule has 3 aromatic carbocycles. The normalized spacial score (nSPS) is 10.7. The second-order valence-electron chi connectivity index (χ2n) is 6.77. The highest BCUT2D eigenvalue weighted by molar-refractivity contribution is 9.10. The van der Waals surface area contributed by atoms with Gasteiger partial charge in [-0.2, -0.15) is 0 Å². The van der Waals surface area contributed by atoms with Gasteiger partial charge >= 0.3 is 0 Å². The Kier molecular flexibility index (Phi) is 6.31. The van der Waals surface area contributed by atoms with Gasteiger partial charge in [-0.05, 0) is 89.2 Å². The molecule has 4 aromatic rings. The van der Waals surface area contributed by atoms with Gasteiger partial charge in [-0.25, -0.2) is 4.98 Å². The Morgan fingerprint density at radius 3 is 2.65 bits per heavy atom. The van der Waals surface area contributed by atoms with Crippen LogP contribution in [0.25, 0.3) is 20.8 Å². The van der Waals surface area contributed by atoms with E-state index in [9.17, 15) is 4.79 Å². The van der Waals surface area contributed by atoms with Gasteiger partial charge in [0.1, 0.15) is 10.8 Å². The van der Waals surface area contributed by atoms with Gasteiger partial charge in [0.05, 0.1) is 21.8 Å². The van der Waals surface area contributed by atoms with Crippen molar-refractivity contribution in [1.29, 1.82) is 0 Å². The Morgan fingerprint density at radius 2 is 1.94 bits per heavy atom. The predicted molar refractivity (Wildman–Crippen MR) is 134 cm³/mol. The predicted octanol–water partition coefficient (Wildman–Crippen LogP) is 6.17. The molecule has 4 rings (SSSR count). The van der Waals surface area contributed by atoms with Crippen molar-refractivity contribution in [2.75, 3.05) is 12.4 Å². The Balaban J connectivity index is 1.45. The number of carbonyl (C=O) groups is 1. The molecule has 0 unspecified atom stereocenters. The number of halogens is 1. The molecule has 0 aliphatic carbocycles. The van der Waals surface area contributed by atoms with Crippen molar-refractivity contribution in [1.82, 2.24) is 10.3 Å². The Morgan fingerprint density at radius 1 is 1.13 bits per heavy atom. The van der Waals surface area contributed by atoms with Crippen molar-refractivity contribution in [2.45, 2.75) is 6.92 Å². The maximum absolute atomic E-state index is 12.5. The first-order chi connectivity index (χ1) is 14.9. The number of thiazole rings is 1. The van der Waals surface area contributed by atoms with E-state index in [4.69, 9.17) is 21.9 Å². The Bertz CT molecular complexity index is 1270. The van der Waals surface area contributed by atoms with Crippen molar-refractivity contribution >= 4 is 66.4 Å². The summed E-state index contributed by atoms with van der Waals surface area (Å²) in [6, 6.07) is 19.2. The molecule has 31 heavy (non-hydrogen) atoms. The maximum atomic E-state index is 12.5. The number of para-hydroxylation sites is 1. The molecule has 1 heterocycles. The fourth-order valence-electron chi connectivity index (χ4n) is 3.07.